The molecule has 104 valence electrons. The smallest absolute Gasteiger partial charge is 0.326 e. The van der Waals surface area contributed by atoms with Crippen LogP contribution in [0.3, 0.4) is 0 Å². The molecule has 0 aromatic heterocycles. The largest absolute Gasteiger partial charge is 0.480 e. The van der Waals surface area contributed by atoms with Gasteiger partial charge in [-0.2, -0.15) is 0 Å². The minimum absolute atomic E-state index is 0.167. The fourth-order valence-corrected chi connectivity index (χ4v) is 1.92. The minimum Gasteiger partial charge on any atom is -0.480 e. The Morgan fingerprint density at radius 3 is 2.68 bits per heavy atom. The Morgan fingerprint density at radius 1 is 1.47 bits per heavy atom. The van der Waals surface area contributed by atoms with E-state index >= 15 is 0 Å². The van der Waals surface area contributed by atoms with Crippen molar-refractivity contribution in [1.82, 2.24) is 5.32 Å². The second kappa shape index (κ2) is 7.23. The van der Waals surface area contributed by atoms with Crippen LogP contribution in [0.2, 0.25) is 0 Å². The summed E-state index contributed by atoms with van der Waals surface area (Å²) >= 11 is 2.98. The van der Waals surface area contributed by atoms with Crippen molar-refractivity contribution in [1.29, 1.82) is 0 Å². The molecular weight excluding hydrogens is 317 g/mol. The highest BCUT2D eigenvalue weighted by Gasteiger charge is 2.20. The van der Waals surface area contributed by atoms with Crippen LogP contribution in [0.5, 0.6) is 0 Å². The molecule has 0 fully saturated rings. The Morgan fingerprint density at radius 2 is 2.16 bits per heavy atom. The first kappa shape index (κ1) is 15.6. The number of unbranched alkanes of at least 4 members (excludes halogenated alkanes) is 1. The van der Waals surface area contributed by atoms with E-state index in [2.05, 4.69) is 21.2 Å². The van der Waals surface area contributed by atoms with Crippen LogP contribution in [-0.4, -0.2) is 23.0 Å². The van der Waals surface area contributed by atoms with Gasteiger partial charge in [-0.25, -0.2) is 9.18 Å². The van der Waals surface area contributed by atoms with E-state index in [4.69, 9.17) is 5.11 Å². The maximum absolute atomic E-state index is 13.0. The maximum atomic E-state index is 13.0. The monoisotopic (exact) mass is 331 g/mol. The molecule has 0 saturated heterocycles. The third kappa shape index (κ3) is 4.63. The number of carbonyl (C=O) groups is 2. The van der Waals surface area contributed by atoms with E-state index < -0.39 is 23.7 Å². The molecular formula is C13H15BrFNO3. The van der Waals surface area contributed by atoms with Crippen LogP contribution in [0, 0.1) is 5.82 Å². The summed E-state index contributed by atoms with van der Waals surface area (Å²) in [5.74, 6) is -2.07. The number of amides is 1. The second-order valence-electron chi connectivity index (χ2n) is 4.14. The average Bonchev–Trinajstić information content (AvgIpc) is 2.37. The number of rotatable bonds is 6. The van der Waals surface area contributed by atoms with Crippen molar-refractivity contribution in [3.8, 4) is 0 Å². The van der Waals surface area contributed by atoms with Gasteiger partial charge in [-0.1, -0.05) is 19.8 Å². The number of benzene rings is 1. The summed E-state index contributed by atoms with van der Waals surface area (Å²) in [4.78, 5) is 22.9. The Kier molecular flexibility index (Phi) is 5.95. The molecule has 0 unspecified atom stereocenters. The van der Waals surface area contributed by atoms with Gasteiger partial charge in [0, 0.05) is 5.56 Å². The molecule has 6 heteroatoms. The van der Waals surface area contributed by atoms with Crippen LogP contribution in [0.25, 0.3) is 0 Å². The average molecular weight is 332 g/mol. The Hall–Kier alpha value is -1.43. The van der Waals surface area contributed by atoms with Crippen LogP contribution in [0.4, 0.5) is 4.39 Å². The summed E-state index contributed by atoms with van der Waals surface area (Å²) in [6.45, 7) is 1.94. The van der Waals surface area contributed by atoms with E-state index in [1.165, 1.54) is 12.1 Å². The van der Waals surface area contributed by atoms with Crippen molar-refractivity contribution in [2.75, 3.05) is 0 Å². The predicted octanol–water partition coefficient (Wildman–Crippen LogP) is 2.96. The zero-order valence-electron chi connectivity index (χ0n) is 10.5. The molecule has 4 nitrogen and oxygen atoms in total. The van der Waals surface area contributed by atoms with E-state index in [0.29, 0.717) is 12.8 Å². The number of hydrogen-bond donors (Lipinski definition) is 2. The molecule has 1 aromatic rings. The topological polar surface area (TPSA) is 66.4 Å². The van der Waals surface area contributed by atoms with Crippen molar-refractivity contribution in [3.63, 3.8) is 0 Å². The van der Waals surface area contributed by atoms with Crippen molar-refractivity contribution in [2.45, 2.75) is 32.2 Å². The first-order valence-electron chi connectivity index (χ1n) is 5.94. The molecule has 0 saturated carbocycles. The Bertz CT molecular complexity index is 479. The van der Waals surface area contributed by atoms with Crippen molar-refractivity contribution >= 4 is 27.8 Å². The third-order valence-electron chi connectivity index (χ3n) is 2.63. The number of hydrogen-bond acceptors (Lipinski definition) is 2. The molecule has 0 spiro atoms. The lowest BCUT2D eigenvalue weighted by Crippen LogP contribution is -2.40. The first-order valence-corrected chi connectivity index (χ1v) is 6.73. The fraction of sp³-hybridized carbons (Fsp3) is 0.385. The summed E-state index contributed by atoms with van der Waals surface area (Å²) in [6.07, 6.45) is 1.94. The molecule has 0 bridgehead atoms. The van der Waals surface area contributed by atoms with Gasteiger partial charge in [0.2, 0.25) is 0 Å². The molecule has 19 heavy (non-hydrogen) atoms. The van der Waals surface area contributed by atoms with E-state index in [9.17, 15) is 14.0 Å². The lowest BCUT2D eigenvalue weighted by atomic mass is 10.1. The number of nitrogens with one attached hydrogen (secondary N) is 1. The molecule has 0 radical (unpaired) electrons. The van der Waals surface area contributed by atoms with Crippen LogP contribution in [-0.2, 0) is 4.79 Å². The van der Waals surface area contributed by atoms with Crippen LogP contribution in [0.15, 0.2) is 22.7 Å². The molecule has 0 heterocycles. The highest BCUT2D eigenvalue weighted by atomic mass is 79.9. The zero-order valence-corrected chi connectivity index (χ0v) is 12.0. The lowest BCUT2D eigenvalue weighted by Gasteiger charge is -2.14. The van der Waals surface area contributed by atoms with Crippen LogP contribution in [0.1, 0.15) is 36.5 Å². The molecule has 1 atom stereocenters. The highest BCUT2D eigenvalue weighted by molar-refractivity contribution is 9.10. The Labute approximate surface area is 119 Å². The van der Waals surface area contributed by atoms with Gasteiger partial charge >= 0.3 is 5.97 Å². The summed E-state index contributed by atoms with van der Waals surface area (Å²) < 4.78 is 13.2. The molecule has 1 amide bonds. The van der Waals surface area contributed by atoms with Crippen molar-refractivity contribution in [3.05, 3.63) is 34.1 Å². The SMILES string of the molecule is CCCC[C@H](NC(=O)c1ccc(F)c(Br)c1)C(=O)O. The van der Waals surface area contributed by atoms with Gasteiger partial charge in [0.05, 0.1) is 4.47 Å². The standard InChI is InChI=1S/C13H15BrFNO3/c1-2-3-4-11(13(18)19)16-12(17)8-5-6-10(15)9(14)7-8/h5-7,11H,2-4H2,1H3,(H,16,17)(H,18,19)/t11-/m0/s1. The lowest BCUT2D eigenvalue weighted by molar-refractivity contribution is -0.139. The maximum Gasteiger partial charge on any atom is 0.326 e. The molecule has 2 N–H and O–H groups in total. The number of carboxylic acids is 1. The first-order chi connectivity index (χ1) is 8.95. The third-order valence-corrected chi connectivity index (χ3v) is 3.24. The number of carbonyl (C=O) groups excluding carboxylic acids is 1. The second-order valence-corrected chi connectivity index (χ2v) is 4.99. The van der Waals surface area contributed by atoms with Crippen molar-refractivity contribution in [2.24, 2.45) is 0 Å². The summed E-state index contributed by atoms with van der Waals surface area (Å²) in [6, 6.07) is 2.87. The van der Waals surface area contributed by atoms with Gasteiger partial charge in [-0.15, -0.1) is 0 Å². The number of aliphatic carboxylic acids is 1. The van der Waals surface area contributed by atoms with E-state index in [0.717, 1.165) is 12.5 Å². The van der Waals surface area contributed by atoms with E-state index in [-0.39, 0.29) is 10.0 Å². The summed E-state index contributed by atoms with van der Waals surface area (Å²) in [5, 5.41) is 11.4. The highest BCUT2D eigenvalue weighted by Crippen LogP contribution is 2.17. The van der Waals surface area contributed by atoms with Gasteiger partial charge < -0.3 is 10.4 Å². The fourth-order valence-electron chi connectivity index (χ4n) is 1.54. The van der Waals surface area contributed by atoms with Gasteiger partial charge in [-0.05, 0) is 40.5 Å². The molecule has 1 aromatic carbocycles. The van der Waals surface area contributed by atoms with Gasteiger partial charge in [0.25, 0.3) is 5.91 Å². The Balaban J connectivity index is 2.75. The normalized spacial score (nSPS) is 11.9. The molecule has 0 aliphatic heterocycles. The van der Waals surface area contributed by atoms with Gasteiger partial charge in [-0.3, -0.25) is 4.79 Å². The number of carboxylic acid groups (broad SMARTS) is 1. The zero-order chi connectivity index (χ0) is 14.4. The predicted molar refractivity (Wildman–Crippen MR) is 72.5 cm³/mol. The van der Waals surface area contributed by atoms with E-state index in [1.807, 2.05) is 6.92 Å². The molecule has 1 rings (SSSR count). The van der Waals surface area contributed by atoms with E-state index in [1.54, 1.807) is 0 Å². The van der Waals surface area contributed by atoms with Crippen molar-refractivity contribution < 1.29 is 19.1 Å². The van der Waals surface area contributed by atoms with Crippen LogP contribution >= 0.6 is 15.9 Å². The number of halogens is 2. The van der Waals surface area contributed by atoms with Crippen LogP contribution < -0.4 is 5.32 Å². The summed E-state index contributed by atoms with van der Waals surface area (Å²) in [5.41, 5.74) is 0.219. The molecule has 0 aliphatic carbocycles. The minimum atomic E-state index is -1.07. The summed E-state index contributed by atoms with van der Waals surface area (Å²) in [7, 11) is 0. The quantitative estimate of drug-likeness (QED) is 0.842. The van der Waals surface area contributed by atoms with Gasteiger partial charge in [0.15, 0.2) is 0 Å². The molecule has 0 aliphatic rings. The van der Waals surface area contributed by atoms with Gasteiger partial charge in [0.1, 0.15) is 11.9 Å².